The SMILES string of the molecule is CC(OC(=O)N1CCC2(CC1)CNC2)C(F)(F)F. The summed E-state index contributed by atoms with van der Waals surface area (Å²) >= 11 is 0. The highest BCUT2D eigenvalue weighted by molar-refractivity contribution is 5.68. The molecule has 2 rings (SSSR count). The molecule has 0 aliphatic carbocycles. The maximum absolute atomic E-state index is 12.3. The van der Waals surface area contributed by atoms with Crippen LogP contribution in [0.4, 0.5) is 18.0 Å². The van der Waals surface area contributed by atoms with Gasteiger partial charge in [0.05, 0.1) is 0 Å². The van der Waals surface area contributed by atoms with E-state index in [1.165, 1.54) is 4.90 Å². The quantitative estimate of drug-likeness (QED) is 0.786. The van der Waals surface area contributed by atoms with Crippen molar-refractivity contribution in [2.24, 2.45) is 5.41 Å². The van der Waals surface area contributed by atoms with Crippen LogP contribution >= 0.6 is 0 Å². The molecule has 1 atom stereocenters. The van der Waals surface area contributed by atoms with Crippen LogP contribution in [0.2, 0.25) is 0 Å². The molecule has 1 amide bonds. The van der Waals surface area contributed by atoms with Gasteiger partial charge in [-0.25, -0.2) is 4.79 Å². The number of alkyl halides is 3. The summed E-state index contributed by atoms with van der Waals surface area (Å²) in [7, 11) is 0. The molecule has 2 fully saturated rings. The van der Waals surface area contributed by atoms with Gasteiger partial charge >= 0.3 is 12.3 Å². The second kappa shape index (κ2) is 4.60. The fourth-order valence-corrected chi connectivity index (χ4v) is 2.29. The maximum Gasteiger partial charge on any atom is 0.425 e. The highest BCUT2D eigenvalue weighted by Crippen LogP contribution is 2.35. The van der Waals surface area contributed by atoms with Crippen LogP contribution in [0.15, 0.2) is 0 Å². The number of hydrogen-bond donors (Lipinski definition) is 1. The predicted molar refractivity (Wildman–Crippen MR) is 58.1 cm³/mol. The minimum Gasteiger partial charge on any atom is -0.437 e. The average molecular weight is 266 g/mol. The van der Waals surface area contributed by atoms with Gasteiger partial charge in [-0.15, -0.1) is 0 Å². The maximum atomic E-state index is 12.3. The zero-order valence-corrected chi connectivity index (χ0v) is 10.2. The van der Waals surface area contributed by atoms with Crippen LogP contribution in [0.25, 0.3) is 0 Å². The number of piperidine rings is 1. The number of nitrogens with zero attached hydrogens (tertiary/aromatic N) is 1. The molecule has 0 bridgehead atoms. The number of nitrogens with one attached hydrogen (secondary N) is 1. The lowest BCUT2D eigenvalue weighted by Gasteiger charge is -2.48. The number of halogens is 3. The van der Waals surface area contributed by atoms with Crippen LogP contribution in [-0.4, -0.2) is 49.5 Å². The van der Waals surface area contributed by atoms with Crippen molar-refractivity contribution >= 4 is 6.09 Å². The molecule has 1 N–H and O–H groups in total. The lowest BCUT2D eigenvalue weighted by atomic mass is 9.73. The Kier molecular flexibility index (Phi) is 3.44. The van der Waals surface area contributed by atoms with Gasteiger partial charge in [-0.2, -0.15) is 13.2 Å². The second-order valence-corrected chi connectivity index (χ2v) is 5.16. The second-order valence-electron chi connectivity index (χ2n) is 5.16. The summed E-state index contributed by atoms with van der Waals surface area (Å²) in [5.41, 5.74) is 0.256. The van der Waals surface area contributed by atoms with Crippen LogP contribution < -0.4 is 5.32 Å². The van der Waals surface area contributed by atoms with Crippen LogP contribution in [0, 0.1) is 5.41 Å². The molecule has 0 radical (unpaired) electrons. The van der Waals surface area contributed by atoms with Crippen LogP contribution in [0.3, 0.4) is 0 Å². The summed E-state index contributed by atoms with van der Waals surface area (Å²) < 4.78 is 41.2. The van der Waals surface area contributed by atoms with Gasteiger partial charge in [-0.3, -0.25) is 0 Å². The van der Waals surface area contributed by atoms with Crippen molar-refractivity contribution in [3.8, 4) is 0 Å². The minimum absolute atomic E-state index is 0.256. The fourth-order valence-electron chi connectivity index (χ4n) is 2.29. The third-order valence-corrected chi connectivity index (χ3v) is 3.82. The number of amides is 1. The molecule has 2 aliphatic heterocycles. The van der Waals surface area contributed by atoms with E-state index < -0.39 is 18.4 Å². The smallest absolute Gasteiger partial charge is 0.425 e. The Balaban J connectivity index is 1.80. The molecular formula is C11H17F3N2O2. The van der Waals surface area contributed by atoms with Crippen molar-refractivity contribution in [1.29, 1.82) is 0 Å². The molecule has 0 aromatic heterocycles. The molecule has 18 heavy (non-hydrogen) atoms. The van der Waals surface area contributed by atoms with E-state index in [0.29, 0.717) is 13.1 Å². The number of rotatable bonds is 1. The molecule has 2 saturated heterocycles. The first kappa shape index (κ1) is 13.5. The van der Waals surface area contributed by atoms with Gasteiger partial charge in [-0.05, 0) is 25.2 Å². The summed E-state index contributed by atoms with van der Waals surface area (Å²) in [5.74, 6) is 0. The Morgan fingerprint density at radius 1 is 1.33 bits per heavy atom. The first-order chi connectivity index (χ1) is 8.32. The Labute approximate surface area is 103 Å². The summed E-state index contributed by atoms with van der Waals surface area (Å²) in [6, 6.07) is 0. The van der Waals surface area contributed by atoms with Gasteiger partial charge in [0.2, 0.25) is 0 Å². The molecule has 0 saturated carbocycles. The monoisotopic (exact) mass is 266 g/mol. The lowest BCUT2D eigenvalue weighted by molar-refractivity contribution is -0.200. The van der Waals surface area contributed by atoms with E-state index in [9.17, 15) is 18.0 Å². The summed E-state index contributed by atoms with van der Waals surface area (Å²) in [5, 5.41) is 3.18. The predicted octanol–water partition coefficient (Wildman–Crippen LogP) is 1.76. The molecule has 2 aliphatic rings. The van der Waals surface area contributed by atoms with E-state index in [1.54, 1.807) is 0 Å². The molecule has 7 heteroatoms. The van der Waals surface area contributed by atoms with Crippen molar-refractivity contribution in [3.05, 3.63) is 0 Å². The summed E-state index contributed by atoms with van der Waals surface area (Å²) in [6.07, 6.45) is -5.75. The van der Waals surface area contributed by atoms with Gasteiger partial charge in [0.1, 0.15) is 0 Å². The first-order valence-corrected chi connectivity index (χ1v) is 6.05. The fraction of sp³-hybridized carbons (Fsp3) is 0.909. The van der Waals surface area contributed by atoms with Crippen molar-refractivity contribution in [2.75, 3.05) is 26.2 Å². The normalized spacial score (nSPS) is 24.6. The molecule has 1 unspecified atom stereocenters. The van der Waals surface area contributed by atoms with Crippen LogP contribution in [0.5, 0.6) is 0 Å². The Bertz CT molecular complexity index is 319. The number of ether oxygens (including phenoxy) is 1. The van der Waals surface area contributed by atoms with E-state index in [0.717, 1.165) is 32.9 Å². The zero-order chi connectivity index (χ0) is 13.4. The molecule has 0 aromatic rings. The highest BCUT2D eigenvalue weighted by atomic mass is 19.4. The van der Waals surface area contributed by atoms with Gasteiger partial charge in [0.25, 0.3) is 0 Å². The number of likely N-dealkylation sites (tertiary alicyclic amines) is 1. The van der Waals surface area contributed by atoms with Gasteiger partial charge in [0, 0.05) is 26.2 Å². The van der Waals surface area contributed by atoms with E-state index in [2.05, 4.69) is 10.1 Å². The average Bonchev–Trinajstić information content (AvgIpc) is 2.25. The van der Waals surface area contributed by atoms with Crippen molar-refractivity contribution in [2.45, 2.75) is 32.0 Å². The summed E-state index contributed by atoms with van der Waals surface area (Å²) in [4.78, 5) is 12.9. The molecule has 104 valence electrons. The van der Waals surface area contributed by atoms with Crippen molar-refractivity contribution in [3.63, 3.8) is 0 Å². The largest absolute Gasteiger partial charge is 0.437 e. The van der Waals surface area contributed by atoms with Gasteiger partial charge in [0.15, 0.2) is 6.10 Å². The Hall–Kier alpha value is -0.980. The number of carbonyl (C=O) groups is 1. The zero-order valence-electron chi connectivity index (χ0n) is 10.2. The van der Waals surface area contributed by atoms with Crippen molar-refractivity contribution in [1.82, 2.24) is 10.2 Å². The first-order valence-electron chi connectivity index (χ1n) is 6.05. The third kappa shape index (κ3) is 2.71. The number of hydrogen-bond acceptors (Lipinski definition) is 3. The van der Waals surface area contributed by atoms with E-state index in [1.807, 2.05) is 0 Å². The van der Waals surface area contributed by atoms with Crippen LogP contribution in [0.1, 0.15) is 19.8 Å². The molecule has 1 spiro atoms. The lowest BCUT2D eigenvalue weighted by Crippen LogP contribution is -2.59. The molecule has 2 heterocycles. The highest BCUT2D eigenvalue weighted by Gasteiger charge is 2.43. The Morgan fingerprint density at radius 2 is 1.89 bits per heavy atom. The van der Waals surface area contributed by atoms with Crippen molar-refractivity contribution < 1.29 is 22.7 Å². The van der Waals surface area contributed by atoms with Gasteiger partial charge in [-0.1, -0.05) is 0 Å². The van der Waals surface area contributed by atoms with E-state index >= 15 is 0 Å². The third-order valence-electron chi connectivity index (χ3n) is 3.82. The standard InChI is InChI=1S/C11H17F3N2O2/c1-8(11(12,13)14)18-9(17)16-4-2-10(3-5-16)6-15-7-10/h8,15H,2-7H2,1H3. The molecular weight excluding hydrogens is 249 g/mol. The molecule has 0 aromatic carbocycles. The van der Waals surface area contributed by atoms with Crippen LogP contribution in [-0.2, 0) is 4.74 Å². The summed E-state index contributed by atoms with van der Waals surface area (Å²) in [6.45, 7) is 3.68. The minimum atomic E-state index is -4.50. The Morgan fingerprint density at radius 3 is 2.28 bits per heavy atom. The van der Waals surface area contributed by atoms with E-state index in [4.69, 9.17) is 0 Å². The van der Waals surface area contributed by atoms with Gasteiger partial charge < -0.3 is 15.0 Å². The molecule has 4 nitrogen and oxygen atoms in total. The number of carbonyl (C=O) groups excluding carboxylic acids is 1. The van der Waals surface area contributed by atoms with E-state index in [-0.39, 0.29) is 5.41 Å². The topological polar surface area (TPSA) is 41.6 Å².